The maximum Gasteiger partial charge on any atom is 0.115 e. The molecule has 2 aromatic carbocycles. The number of hydrogen-bond donors (Lipinski definition) is 2. The van der Waals surface area contributed by atoms with Crippen LogP contribution in [0, 0.1) is 0 Å². The van der Waals surface area contributed by atoms with Crippen molar-refractivity contribution >= 4 is 17.4 Å². The Balaban J connectivity index is 2.18. The summed E-state index contributed by atoms with van der Waals surface area (Å²) >= 11 is 1.72. The maximum absolute atomic E-state index is 9.50. The number of rotatable bonds is 4. The predicted molar refractivity (Wildman–Crippen MR) is 78.4 cm³/mol. The Morgan fingerprint density at radius 2 is 1.89 bits per heavy atom. The third-order valence-corrected chi connectivity index (χ3v) is 3.65. The molecular weight excluding hydrogens is 242 g/mol. The summed E-state index contributed by atoms with van der Waals surface area (Å²) in [6.07, 6.45) is 2.07. The summed E-state index contributed by atoms with van der Waals surface area (Å²) in [5.74, 6) is 0.305. The number of para-hydroxylation sites is 1. The lowest BCUT2D eigenvalue weighted by Gasteiger charge is -2.18. The van der Waals surface area contributed by atoms with E-state index in [-0.39, 0.29) is 6.04 Å². The minimum atomic E-state index is 0.158. The Hall–Kier alpha value is -1.61. The van der Waals surface area contributed by atoms with Crippen molar-refractivity contribution in [1.82, 2.24) is 0 Å². The van der Waals surface area contributed by atoms with Crippen molar-refractivity contribution in [2.45, 2.75) is 17.9 Å². The molecule has 2 aromatic rings. The second kappa shape index (κ2) is 5.83. The largest absolute Gasteiger partial charge is 0.508 e. The molecule has 0 aromatic heterocycles. The number of phenols is 1. The molecule has 0 aliphatic rings. The molecule has 1 atom stereocenters. The monoisotopic (exact) mass is 259 g/mol. The molecule has 0 heterocycles. The standard InChI is InChI=1S/C15H17NOS/c1-11(12-6-5-7-13(17)10-12)16-14-8-3-4-9-15(14)18-2/h3-11,16-17H,1-2H3. The molecule has 2 rings (SSSR count). The van der Waals surface area contributed by atoms with Gasteiger partial charge in [-0.1, -0.05) is 24.3 Å². The van der Waals surface area contributed by atoms with E-state index in [9.17, 15) is 5.11 Å². The van der Waals surface area contributed by atoms with E-state index in [1.54, 1.807) is 23.9 Å². The van der Waals surface area contributed by atoms with Crippen LogP contribution in [0.1, 0.15) is 18.5 Å². The average Bonchev–Trinajstić information content (AvgIpc) is 2.39. The SMILES string of the molecule is CSc1ccccc1NC(C)c1cccc(O)c1. The minimum absolute atomic E-state index is 0.158. The first-order valence-corrected chi connectivity index (χ1v) is 7.11. The molecule has 0 aliphatic heterocycles. The molecular formula is C15H17NOS. The summed E-state index contributed by atoms with van der Waals surface area (Å²) in [5, 5.41) is 13.0. The Morgan fingerprint density at radius 3 is 2.61 bits per heavy atom. The van der Waals surface area contributed by atoms with Gasteiger partial charge in [0.05, 0.1) is 0 Å². The molecule has 2 N–H and O–H groups in total. The van der Waals surface area contributed by atoms with Gasteiger partial charge in [-0.25, -0.2) is 0 Å². The van der Waals surface area contributed by atoms with Gasteiger partial charge in [-0.05, 0) is 43.0 Å². The van der Waals surface area contributed by atoms with E-state index in [1.165, 1.54) is 4.90 Å². The highest BCUT2D eigenvalue weighted by Crippen LogP contribution is 2.28. The molecule has 0 saturated heterocycles. The number of hydrogen-bond acceptors (Lipinski definition) is 3. The fourth-order valence-corrected chi connectivity index (χ4v) is 2.44. The van der Waals surface area contributed by atoms with Gasteiger partial charge in [-0.2, -0.15) is 0 Å². The van der Waals surface area contributed by atoms with Crippen LogP contribution in [0.4, 0.5) is 5.69 Å². The lowest BCUT2D eigenvalue weighted by atomic mass is 10.1. The first-order chi connectivity index (χ1) is 8.70. The highest BCUT2D eigenvalue weighted by molar-refractivity contribution is 7.98. The van der Waals surface area contributed by atoms with Crippen LogP contribution in [-0.4, -0.2) is 11.4 Å². The van der Waals surface area contributed by atoms with E-state index >= 15 is 0 Å². The third kappa shape index (κ3) is 2.99. The summed E-state index contributed by atoms with van der Waals surface area (Å²) in [7, 11) is 0. The lowest BCUT2D eigenvalue weighted by Crippen LogP contribution is -2.07. The number of thioether (sulfide) groups is 1. The predicted octanol–water partition coefficient (Wildman–Crippen LogP) is 4.29. The molecule has 0 saturated carbocycles. The second-order valence-electron chi connectivity index (χ2n) is 4.16. The van der Waals surface area contributed by atoms with Crippen LogP contribution < -0.4 is 5.32 Å². The first-order valence-electron chi connectivity index (χ1n) is 5.89. The topological polar surface area (TPSA) is 32.3 Å². The van der Waals surface area contributed by atoms with Gasteiger partial charge in [0.1, 0.15) is 5.75 Å². The normalized spacial score (nSPS) is 12.1. The molecule has 94 valence electrons. The number of benzene rings is 2. The van der Waals surface area contributed by atoms with Crippen LogP contribution in [0.15, 0.2) is 53.4 Å². The zero-order chi connectivity index (χ0) is 13.0. The van der Waals surface area contributed by atoms with E-state index in [1.807, 2.05) is 24.3 Å². The zero-order valence-electron chi connectivity index (χ0n) is 10.6. The molecule has 0 fully saturated rings. The van der Waals surface area contributed by atoms with Crippen molar-refractivity contribution in [3.8, 4) is 5.75 Å². The van der Waals surface area contributed by atoms with Crippen LogP contribution >= 0.6 is 11.8 Å². The Bertz CT molecular complexity index is 527. The van der Waals surface area contributed by atoms with Crippen LogP contribution in [0.5, 0.6) is 5.75 Å². The van der Waals surface area contributed by atoms with Gasteiger partial charge in [-0.3, -0.25) is 0 Å². The molecule has 18 heavy (non-hydrogen) atoms. The van der Waals surface area contributed by atoms with Crippen molar-refractivity contribution in [1.29, 1.82) is 0 Å². The van der Waals surface area contributed by atoms with E-state index < -0.39 is 0 Å². The summed E-state index contributed by atoms with van der Waals surface area (Å²) < 4.78 is 0. The molecule has 0 spiro atoms. The fraction of sp³-hybridized carbons (Fsp3) is 0.200. The van der Waals surface area contributed by atoms with Gasteiger partial charge in [-0.15, -0.1) is 11.8 Å². The molecule has 3 heteroatoms. The Morgan fingerprint density at radius 1 is 1.11 bits per heavy atom. The summed E-state index contributed by atoms with van der Waals surface area (Å²) in [5.41, 5.74) is 2.20. The van der Waals surface area contributed by atoms with Gasteiger partial charge in [0, 0.05) is 16.6 Å². The zero-order valence-corrected chi connectivity index (χ0v) is 11.4. The molecule has 0 aliphatic carbocycles. The third-order valence-electron chi connectivity index (χ3n) is 2.85. The summed E-state index contributed by atoms with van der Waals surface area (Å²) in [4.78, 5) is 1.23. The van der Waals surface area contributed by atoms with Gasteiger partial charge in [0.2, 0.25) is 0 Å². The summed E-state index contributed by atoms with van der Waals surface area (Å²) in [6.45, 7) is 2.09. The van der Waals surface area contributed by atoms with Crippen LogP contribution in [0.3, 0.4) is 0 Å². The van der Waals surface area contributed by atoms with Crippen molar-refractivity contribution in [2.75, 3.05) is 11.6 Å². The maximum atomic E-state index is 9.50. The molecule has 0 bridgehead atoms. The molecule has 2 nitrogen and oxygen atoms in total. The Kier molecular flexibility index (Phi) is 4.15. The van der Waals surface area contributed by atoms with Gasteiger partial charge in [0.25, 0.3) is 0 Å². The Labute approximate surface area is 112 Å². The van der Waals surface area contributed by atoms with Gasteiger partial charge < -0.3 is 10.4 Å². The molecule has 0 radical (unpaired) electrons. The van der Waals surface area contributed by atoms with Crippen molar-refractivity contribution in [3.63, 3.8) is 0 Å². The number of aromatic hydroxyl groups is 1. The molecule has 0 amide bonds. The van der Waals surface area contributed by atoms with Crippen LogP contribution in [-0.2, 0) is 0 Å². The number of nitrogens with one attached hydrogen (secondary N) is 1. The highest BCUT2D eigenvalue weighted by atomic mass is 32.2. The van der Waals surface area contributed by atoms with Gasteiger partial charge >= 0.3 is 0 Å². The highest BCUT2D eigenvalue weighted by Gasteiger charge is 2.08. The van der Waals surface area contributed by atoms with Crippen molar-refractivity contribution in [3.05, 3.63) is 54.1 Å². The summed E-state index contributed by atoms with van der Waals surface area (Å²) in [6, 6.07) is 15.7. The van der Waals surface area contributed by atoms with E-state index in [4.69, 9.17) is 0 Å². The first kappa shape index (κ1) is 12.8. The minimum Gasteiger partial charge on any atom is -0.508 e. The number of anilines is 1. The van der Waals surface area contributed by atoms with Crippen molar-refractivity contribution < 1.29 is 5.11 Å². The van der Waals surface area contributed by atoms with E-state index in [0.29, 0.717) is 5.75 Å². The van der Waals surface area contributed by atoms with Gasteiger partial charge in [0.15, 0.2) is 0 Å². The van der Waals surface area contributed by atoms with Crippen LogP contribution in [0.2, 0.25) is 0 Å². The average molecular weight is 259 g/mol. The van der Waals surface area contributed by atoms with Crippen LogP contribution in [0.25, 0.3) is 0 Å². The van der Waals surface area contributed by atoms with E-state index in [2.05, 4.69) is 30.6 Å². The smallest absolute Gasteiger partial charge is 0.115 e. The molecule has 1 unspecified atom stereocenters. The van der Waals surface area contributed by atoms with Crippen molar-refractivity contribution in [2.24, 2.45) is 0 Å². The second-order valence-corrected chi connectivity index (χ2v) is 5.01. The van der Waals surface area contributed by atoms with E-state index in [0.717, 1.165) is 11.3 Å². The lowest BCUT2D eigenvalue weighted by molar-refractivity contribution is 0.474. The number of phenolic OH excluding ortho intramolecular Hbond substituents is 1. The quantitative estimate of drug-likeness (QED) is 0.803. The fourth-order valence-electron chi connectivity index (χ4n) is 1.87.